The minimum Gasteiger partial charge on any atom is -0.320 e. The Morgan fingerprint density at radius 2 is 2.05 bits per heavy atom. The first-order valence-electron chi connectivity index (χ1n) is 6.06. The van der Waals surface area contributed by atoms with Crippen LogP contribution in [-0.4, -0.2) is 32.0 Å². The molecule has 0 unspecified atom stereocenters. The van der Waals surface area contributed by atoms with Crippen molar-refractivity contribution in [3.8, 4) is 11.4 Å². The zero-order chi connectivity index (χ0) is 15.0. The standard InChI is InChI=1S/C13H10ClN5O2/c1-7-11(14)13-16-12(18-19(13)17-7)8-2-4-9(5-3-8)15-10(21)6-20/h2-6H,1H3,(H,15,21)(H,16,18). The SMILES string of the molecule is Cc1nn2nc(-c3ccc(NC(=O)C=O)cc3)[nH]c2c1Cl. The average Bonchev–Trinajstić information content (AvgIpc) is 3.00. The minimum absolute atomic E-state index is 0.222. The van der Waals surface area contributed by atoms with Gasteiger partial charge in [-0.05, 0) is 31.2 Å². The minimum atomic E-state index is -0.693. The van der Waals surface area contributed by atoms with Crippen LogP contribution in [0.5, 0.6) is 0 Å². The number of nitrogens with one attached hydrogen (secondary N) is 2. The Morgan fingerprint density at radius 3 is 2.67 bits per heavy atom. The molecule has 0 saturated heterocycles. The summed E-state index contributed by atoms with van der Waals surface area (Å²) in [5.41, 5.74) is 2.66. The van der Waals surface area contributed by atoms with Crippen molar-refractivity contribution in [2.24, 2.45) is 0 Å². The molecule has 2 N–H and O–H groups in total. The molecular formula is C13H10ClN5O2. The summed E-state index contributed by atoms with van der Waals surface area (Å²) in [6.45, 7) is 1.80. The van der Waals surface area contributed by atoms with Gasteiger partial charge in [-0.1, -0.05) is 11.6 Å². The topological polar surface area (TPSA) is 92.2 Å². The Kier molecular flexibility index (Phi) is 3.19. The number of hydrogen-bond acceptors (Lipinski definition) is 4. The van der Waals surface area contributed by atoms with Crippen molar-refractivity contribution in [1.82, 2.24) is 19.8 Å². The molecule has 1 aromatic carbocycles. The number of aromatic amines is 1. The third-order valence-electron chi connectivity index (χ3n) is 2.93. The molecule has 0 spiro atoms. The van der Waals surface area contributed by atoms with Crippen molar-refractivity contribution < 1.29 is 9.59 Å². The van der Waals surface area contributed by atoms with E-state index in [9.17, 15) is 9.59 Å². The highest BCUT2D eigenvalue weighted by Crippen LogP contribution is 2.23. The van der Waals surface area contributed by atoms with Gasteiger partial charge in [-0.25, -0.2) is 0 Å². The van der Waals surface area contributed by atoms with Gasteiger partial charge in [0.2, 0.25) is 6.29 Å². The van der Waals surface area contributed by atoms with Crippen molar-refractivity contribution in [3.63, 3.8) is 0 Å². The molecule has 21 heavy (non-hydrogen) atoms. The summed E-state index contributed by atoms with van der Waals surface area (Å²) in [6.07, 6.45) is 0.222. The van der Waals surface area contributed by atoms with Crippen molar-refractivity contribution in [2.75, 3.05) is 5.32 Å². The predicted octanol–water partition coefficient (Wildman–Crippen LogP) is 1.82. The number of carbonyl (C=O) groups is 2. The van der Waals surface area contributed by atoms with Crippen LogP contribution < -0.4 is 5.32 Å². The number of hydrogen-bond donors (Lipinski definition) is 2. The molecule has 1 amide bonds. The number of amides is 1. The van der Waals surface area contributed by atoms with Crippen molar-refractivity contribution >= 4 is 35.1 Å². The summed E-state index contributed by atoms with van der Waals surface area (Å²) in [6, 6.07) is 6.88. The monoisotopic (exact) mass is 303 g/mol. The maximum atomic E-state index is 11.0. The van der Waals surface area contributed by atoms with E-state index >= 15 is 0 Å². The third kappa shape index (κ3) is 2.38. The van der Waals surface area contributed by atoms with Crippen LogP contribution >= 0.6 is 11.6 Å². The highest BCUT2D eigenvalue weighted by Gasteiger charge is 2.12. The molecule has 2 aromatic heterocycles. The summed E-state index contributed by atoms with van der Waals surface area (Å²) < 4.78 is 1.44. The normalized spacial score (nSPS) is 10.8. The molecule has 0 aliphatic rings. The van der Waals surface area contributed by atoms with Gasteiger partial charge < -0.3 is 10.3 Å². The molecule has 2 heterocycles. The van der Waals surface area contributed by atoms with E-state index in [0.29, 0.717) is 27.9 Å². The molecule has 0 aliphatic heterocycles. The Hall–Kier alpha value is -2.67. The zero-order valence-corrected chi connectivity index (χ0v) is 11.7. The number of aryl methyl sites for hydroxylation is 1. The lowest BCUT2D eigenvalue weighted by Crippen LogP contribution is -2.11. The second-order valence-corrected chi connectivity index (χ2v) is 4.77. The maximum Gasteiger partial charge on any atom is 0.288 e. The Morgan fingerprint density at radius 1 is 1.33 bits per heavy atom. The van der Waals surface area contributed by atoms with Gasteiger partial charge in [0.25, 0.3) is 5.91 Å². The first-order chi connectivity index (χ1) is 10.1. The number of H-pyrrole nitrogens is 1. The highest BCUT2D eigenvalue weighted by atomic mass is 35.5. The molecule has 3 rings (SSSR count). The van der Waals surface area contributed by atoms with E-state index < -0.39 is 5.91 Å². The quantitative estimate of drug-likeness (QED) is 0.570. The lowest BCUT2D eigenvalue weighted by molar-refractivity contribution is -0.127. The van der Waals surface area contributed by atoms with E-state index in [0.717, 1.165) is 5.56 Å². The maximum absolute atomic E-state index is 11.0. The smallest absolute Gasteiger partial charge is 0.288 e. The van der Waals surface area contributed by atoms with Crippen LogP contribution in [0.3, 0.4) is 0 Å². The number of halogens is 1. The molecule has 0 saturated carbocycles. The van der Waals surface area contributed by atoms with Gasteiger partial charge in [-0.15, -0.1) is 9.73 Å². The molecule has 0 fully saturated rings. The van der Waals surface area contributed by atoms with Gasteiger partial charge in [0.15, 0.2) is 11.5 Å². The van der Waals surface area contributed by atoms with Gasteiger partial charge >= 0.3 is 0 Å². The molecule has 0 atom stereocenters. The van der Waals surface area contributed by atoms with E-state index in [1.54, 1.807) is 31.2 Å². The van der Waals surface area contributed by atoms with Crippen LogP contribution in [-0.2, 0) is 9.59 Å². The first-order valence-corrected chi connectivity index (χ1v) is 6.44. The van der Waals surface area contributed by atoms with Gasteiger partial charge in [-0.3, -0.25) is 9.59 Å². The number of rotatable bonds is 3. The summed E-state index contributed by atoms with van der Waals surface area (Å²) in [7, 11) is 0. The largest absolute Gasteiger partial charge is 0.320 e. The molecule has 3 aromatic rings. The van der Waals surface area contributed by atoms with Crippen LogP contribution in [0.25, 0.3) is 17.0 Å². The van der Waals surface area contributed by atoms with E-state index in [-0.39, 0.29) is 6.29 Å². The molecular weight excluding hydrogens is 294 g/mol. The van der Waals surface area contributed by atoms with E-state index in [2.05, 4.69) is 20.5 Å². The molecule has 0 aliphatic carbocycles. The zero-order valence-electron chi connectivity index (χ0n) is 10.9. The van der Waals surface area contributed by atoms with E-state index in [1.807, 2.05) is 0 Å². The van der Waals surface area contributed by atoms with Crippen molar-refractivity contribution in [2.45, 2.75) is 6.92 Å². The number of anilines is 1. The molecule has 0 radical (unpaired) electrons. The Bertz CT molecular complexity index is 834. The number of aldehydes is 1. The number of fused-ring (bicyclic) bond motifs is 1. The summed E-state index contributed by atoms with van der Waals surface area (Å²) in [5.74, 6) is -0.0888. The van der Waals surface area contributed by atoms with Gasteiger partial charge in [0.1, 0.15) is 5.02 Å². The second kappa shape index (κ2) is 5.02. The van der Waals surface area contributed by atoms with Crippen molar-refractivity contribution in [3.05, 3.63) is 35.0 Å². The summed E-state index contributed by atoms with van der Waals surface area (Å²) >= 11 is 6.11. The number of aromatic nitrogens is 4. The molecule has 7 nitrogen and oxygen atoms in total. The Labute approximate surface area is 123 Å². The van der Waals surface area contributed by atoms with E-state index in [1.165, 1.54) is 4.63 Å². The van der Waals surface area contributed by atoms with Crippen LogP contribution in [0.2, 0.25) is 5.02 Å². The fraction of sp³-hybridized carbons (Fsp3) is 0.0769. The van der Waals surface area contributed by atoms with Crippen LogP contribution in [0.1, 0.15) is 5.69 Å². The lowest BCUT2D eigenvalue weighted by atomic mass is 10.2. The predicted molar refractivity (Wildman–Crippen MR) is 77.2 cm³/mol. The van der Waals surface area contributed by atoms with Crippen molar-refractivity contribution in [1.29, 1.82) is 0 Å². The van der Waals surface area contributed by atoms with Crippen LogP contribution in [0, 0.1) is 6.92 Å². The van der Waals surface area contributed by atoms with Gasteiger partial charge in [-0.2, -0.15) is 5.10 Å². The molecule has 8 heteroatoms. The molecule has 106 valence electrons. The number of carbonyl (C=O) groups excluding carboxylic acids is 2. The summed E-state index contributed by atoms with van der Waals surface area (Å²) in [4.78, 5) is 24.3. The fourth-order valence-electron chi connectivity index (χ4n) is 1.92. The highest BCUT2D eigenvalue weighted by molar-refractivity contribution is 6.34. The van der Waals surface area contributed by atoms with Gasteiger partial charge in [0.05, 0.1) is 5.69 Å². The number of benzene rings is 1. The first kappa shape index (κ1) is 13.3. The summed E-state index contributed by atoms with van der Waals surface area (Å²) in [5, 5.41) is 11.4. The number of nitrogens with zero attached hydrogens (tertiary/aromatic N) is 3. The molecule has 0 bridgehead atoms. The van der Waals surface area contributed by atoms with Gasteiger partial charge in [0, 0.05) is 11.3 Å². The fourth-order valence-corrected chi connectivity index (χ4v) is 2.08. The van der Waals surface area contributed by atoms with Crippen LogP contribution in [0.4, 0.5) is 5.69 Å². The van der Waals surface area contributed by atoms with Crippen LogP contribution in [0.15, 0.2) is 24.3 Å². The van der Waals surface area contributed by atoms with E-state index in [4.69, 9.17) is 11.6 Å². The average molecular weight is 304 g/mol. The third-order valence-corrected chi connectivity index (χ3v) is 3.39. The lowest BCUT2D eigenvalue weighted by Gasteiger charge is -2.01. The Balaban J connectivity index is 1.91. The second-order valence-electron chi connectivity index (χ2n) is 4.40.